The third-order valence-electron chi connectivity index (χ3n) is 3.26. The summed E-state index contributed by atoms with van der Waals surface area (Å²) < 4.78 is 6.71. The average molecular weight is 338 g/mol. The van der Waals surface area contributed by atoms with Crippen LogP contribution in [0.15, 0.2) is 28.9 Å². The number of nitro groups is 1. The highest BCUT2D eigenvalue weighted by molar-refractivity contribution is 9.10. The zero-order valence-electron chi connectivity index (χ0n) is 10.5. The van der Waals surface area contributed by atoms with E-state index in [-0.39, 0.29) is 11.8 Å². The topological polar surface area (TPSA) is 77.3 Å². The number of hydrogen-bond acceptors (Lipinski definition) is 5. The normalized spacial score (nSPS) is 18.4. The lowest BCUT2D eigenvalue weighted by Crippen LogP contribution is -2.20. The number of benzene rings is 1. The zero-order valence-corrected chi connectivity index (χ0v) is 12.1. The molecule has 2 aromatic rings. The molecule has 3 rings (SSSR count). The summed E-state index contributed by atoms with van der Waals surface area (Å²) in [6, 6.07) is 5.46. The van der Waals surface area contributed by atoms with Crippen molar-refractivity contribution in [2.24, 2.45) is 0 Å². The molecule has 1 aliphatic rings. The van der Waals surface area contributed by atoms with Crippen LogP contribution in [0.4, 0.5) is 5.69 Å². The van der Waals surface area contributed by atoms with Crippen molar-refractivity contribution in [1.29, 1.82) is 0 Å². The van der Waals surface area contributed by atoms with Crippen molar-refractivity contribution in [3.63, 3.8) is 0 Å². The fraction of sp³-hybridized carbons (Fsp3) is 0.308. The van der Waals surface area contributed by atoms with Crippen LogP contribution in [-0.4, -0.2) is 29.1 Å². The van der Waals surface area contributed by atoms with Crippen LogP contribution in [0, 0.1) is 10.1 Å². The quantitative estimate of drug-likeness (QED) is 0.688. The van der Waals surface area contributed by atoms with Crippen LogP contribution in [0.25, 0.3) is 10.9 Å². The molecule has 0 bridgehead atoms. The van der Waals surface area contributed by atoms with E-state index in [1.807, 2.05) is 12.1 Å². The van der Waals surface area contributed by atoms with Gasteiger partial charge in [-0.05, 0) is 31.2 Å². The summed E-state index contributed by atoms with van der Waals surface area (Å²) in [5.41, 5.74) is 0.585. The number of nitrogens with one attached hydrogen (secondary N) is 1. The lowest BCUT2D eigenvalue weighted by molar-refractivity contribution is -0.386. The summed E-state index contributed by atoms with van der Waals surface area (Å²) in [7, 11) is 0. The molecule has 1 N–H and O–H groups in total. The van der Waals surface area contributed by atoms with Gasteiger partial charge in [-0.1, -0.05) is 15.9 Å². The summed E-state index contributed by atoms with van der Waals surface area (Å²) in [4.78, 5) is 14.8. The molecular weight excluding hydrogens is 326 g/mol. The Hall–Kier alpha value is -1.73. The Morgan fingerprint density at radius 3 is 3.05 bits per heavy atom. The van der Waals surface area contributed by atoms with E-state index in [1.165, 1.54) is 6.20 Å². The minimum absolute atomic E-state index is 0.0433. The molecular formula is C13H12BrN3O3. The summed E-state index contributed by atoms with van der Waals surface area (Å²) >= 11 is 3.38. The molecule has 0 amide bonds. The van der Waals surface area contributed by atoms with Crippen molar-refractivity contribution in [3.05, 3.63) is 39.0 Å². The van der Waals surface area contributed by atoms with E-state index < -0.39 is 4.92 Å². The van der Waals surface area contributed by atoms with Crippen molar-refractivity contribution < 1.29 is 9.66 Å². The van der Waals surface area contributed by atoms with E-state index in [0.29, 0.717) is 23.2 Å². The zero-order chi connectivity index (χ0) is 14.1. The smallest absolute Gasteiger partial charge is 0.329 e. The maximum Gasteiger partial charge on any atom is 0.329 e. The van der Waals surface area contributed by atoms with Crippen molar-refractivity contribution in [2.45, 2.75) is 12.5 Å². The van der Waals surface area contributed by atoms with E-state index in [0.717, 1.165) is 17.4 Å². The van der Waals surface area contributed by atoms with Crippen molar-refractivity contribution in [3.8, 4) is 5.75 Å². The SMILES string of the molecule is O=[N+]([O-])c1cnc2ccc(Br)cc2c1OC1CCNC1. The van der Waals surface area contributed by atoms with Gasteiger partial charge in [0, 0.05) is 11.0 Å². The second-order valence-electron chi connectivity index (χ2n) is 4.62. The molecule has 6 nitrogen and oxygen atoms in total. The third kappa shape index (κ3) is 2.46. The van der Waals surface area contributed by atoms with Gasteiger partial charge >= 0.3 is 5.69 Å². The molecule has 1 fully saturated rings. The molecule has 0 aliphatic carbocycles. The van der Waals surface area contributed by atoms with Gasteiger partial charge < -0.3 is 10.1 Å². The highest BCUT2D eigenvalue weighted by atomic mass is 79.9. The Labute approximate surface area is 123 Å². The molecule has 104 valence electrons. The molecule has 2 heterocycles. The molecule has 1 aromatic carbocycles. The van der Waals surface area contributed by atoms with Crippen LogP contribution in [0.1, 0.15) is 6.42 Å². The second-order valence-corrected chi connectivity index (χ2v) is 5.54. The number of halogens is 1. The fourth-order valence-electron chi connectivity index (χ4n) is 2.28. The van der Waals surface area contributed by atoms with E-state index in [4.69, 9.17) is 4.74 Å². The van der Waals surface area contributed by atoms with Crippen molar-refractivity contribution >= 4 is 32.5 Å². The fourth-order valence-corrected chi connectivity index (χ4v) is 2.64. The molecule has 1 aliphatic heterocycles. The molecule has 0 radical (unpaired) electrons. The highest BCUT2D eigenvalue weighted by Crippen LogP contribution is 2.36. The van der Waals surface area contributed by atoms with Crippen molar-refractivity contribution in [2.75, 3.05) is 13.1 Å². The molecule has 1 saturated heterocycles. The maximum absolute atomic E-state index is 11.2. The first kappa shape index (κ1) is 13.3. The Kier molecular flexibility index (Phi) is 3.54. The first-order chi connectivity index (χ1) is 9.65. The molecule has 1 atom stereocenters. The van der Waals surface area contributed by atoms with Crippen LogP contribution >= 0.6 is 15.9 Å². The first-order valence-corrected chi connectivity index (χ1v) is 7.04. The lowest BCUT2D eigenvalue weighted by Gasteiger charge is -2.14. The number of nitrogens with zero attached hydrogens (tertiary/aromatic N) is 2. The minimum Gasteiger partial charge on any atom is -0.482 e. The third-order valence-corrected chi connectivity index (χ3v) is 3.75. The number of aromatic nitrogens is 1. The van der Waals surface area contributed by atoms with Gasteiger partial charge in [-0.2, -0.15) is 0 Å². The lowest BCUT2D eigenvalue weighted by atomic mass is 10.2. The highest BCUT2D eigenvalue weighted by Gasteiger charge is 2.24. The molecule has 0 spiro atoms. The molecule has 0 saturated carbocycles. The molecule has 1 unspecified atom stereocenters. The predicted molar refractivity (Wildman–Crippen MR) is 78.0 cm³/mol. The Bertz CT molecular complexity index is 671. The number of ether oxygens (including phenoxy) is 1. The van der Waals surface area contributed by atoms with Crippen LogP contribution in [0.5, 0.6) is 5.75 Å². The van der Waals surface area contributed by atoms with Gasteiger partial charge in [-0.3, -0.25) is 10.1 Å². The number of fused-ring (bicyclic) bond motifs is 1. The Morgan fingerprint density at radius 2 is 2.35 bits per heavy atom. The average Bonchev–Trinajstić information content (AvgIpc) is 2.92. The van der Waals surface area contributed by atoms with Gasteiger partial charge in [-0.15, -0.1) is 0 Å². The van der Waals surface area contributed by atoms with Crippen LogP contribution in [-0.2, 0) is 0 Å². The Balaban J connectivity index is 2.14. The molecule has 7 heteroatoms. The minimum atomic E-state index is -0.453. The van der Waals surface area contributed by atoms with Gasteiger partial charge in [0.25, 0.3) is 0 Å². The molecule has 20 heavy (non-hydrogen) atoms. The molecule has 1 aromatic heterocycles. The summed E-state index contributed by atoms with van der Waals surface area (Å²) in [5, 5.41) is 15.0. The monoisotopic (exact) mass is 337 g/mol. The van der Waals surface area contributed by atoms with Gasteiger partial charge in [0.05, 0.1) is 15.8 Å². The van der Waals surface area contributed by atoms with E-state index in [2.05, 4.69) is 26.2 Å². The van der Waals surface area contributed by atoms with Crippen LogP contribution in [0.2, 0.25) is 0 Å². The van der Waals surface area contributed by atoms with Crippen molar-refractivity contribution in [1.82, 2.24) is 10.3 Å². The van der Waals surface area contributed by atoms with E-state index >= 15 is 0 Å². The van der Waals surface area contributed by atoms with Gasteiger partial charge in [0.1, 0.15) is 12.3 Å². The maximum atomic E-state index is 11.2. The number of pyridine rings is 1. The number of hydrogen-bond donors (Lipinski definition) is 1. The van der Waals surface area contributed by atoms with Crippen LogP contribution < -0.4 is 10.1 Å². The van der Waals surface area contributed by atoms with Crippen LogP contribution in [0.3, 0.4) is 0 Å². The summed E-state index contributed by atoms with van der Waals surface area (Å²) in [5.74, 6) is 0.301. The first-order valence-electron chi connectivity index (χ1n) is 6.25. The van der Waals surface area contributed by atoms with E-state index in [1.54, 1.807) is 6.07 Å². The van der Waals surface area contributed by atoms with Gasteiger partial charge in [-0.25, -0.2) is 4.98 Å². The van der Waals surface area contributed by atoms with E-state index in [9.17, 15) is 10.1 Å². The van der Waals surface area contributed by atoms with Gasteiger partial charge in [0.2, 0.25) is 5.75 Å². The summed E-state index contributed by atoms with van der Waals surface area (Å²) in [6.07, 6.45) is 2.06. The summed E-state index contributed by atoms with van der Waals surface area (Å²) in [6.45, 7) is 1.57. The second kappa shape index (κ2) is 5.34. The largest absolute Gasteiger partial charge is 0.482 e. The Morgan fingerprint density at radius 1 is 1.50 bits per heavy atom. The standard InChI is InChI=1S/C13H12BrN3O3/c14-8-1-2-11-10(5-8)13(12(7-16-11)17(18)19)20-9-3-4-15-6-9/h1-2,5,7,9,15H,3-4,6H2. The number of rotatable bonds is 3. The van der Waals surface area contributed by atoms with Gasteiger partial charge in [0.15, 0.2) is 0 Å². The predicted octanol–water partition coefficient (Wildman–Crippen LogP) is 2.65.